The normalized spacial score (nSPS) is 11.8. The van der Waals surface area contributed by atoms with Crippen molar-refractivity contribution in [3.8, 4) is 17.2 Å². The zero-order valence-electron chi connectivity index (χ0n) is 20.5. The molecule has 0 fully saturated rings. The van der Waals surface area contributed by atoms with Gasteiger partial charge in [-0.2, -0.15) is 0 Å². The predicted octanol–water partition coefficient (Wildman–Crippen LogP) is 5.97. The van der Waals surface area contributed by atoms with Gasteiger partial charge in [-0.3, -0.25) is 14.7 Å². The van der Waals surface area contributed by atoms with E-state index in [1.54, 1.807) is 0 Å². The molecule has 0 aliphatic carbocycles. The number of para-hydroxylation sites is 1. The van der Waals surface area contributed by atoms with Gasteiger partial charge in [0, 0.05) is 10.6 Å². The third kappa shape index (κ3) is 6.23. The Hall–Kier alpha value is -3.85. The minimum absolute atomic E-state index is 0.277. The van der Waals surface area contributed by atoms with E-state index in [4.69, 9.17) is 9.47 Å². The summed E-state index contributed by atoms with van der Waals surface area (Å²) in [4.78, 5) is 11.3. The van der Waals surface area contributed by atoms with Crippen molar-refractivity contribution in [3.05, 3.63) is 105 Å². The molecule has 3 aromatic carbocycles. The van der Waals surface area contributed by atoms with Crippen molar-refractivity contribution in [1.82, 2.24) is 14.8 Å². The SMILES string of the molecule is CCOc1cc([C@@H](C[N+](=O)[O-])Sc2nnc(C)n2-c2ccccc2)ccc1OCc1ccc(C)cc1. The van der Waals surface area contributed by atoms with Crippen LogP contribution in [0.4, 0.5) is 0 Å². The lowest BCUT2D eigenvalue weighted by Crippen LogP contribution is -2.11. The topological polar surface area (TPSA) is 92.3 Å². The number of benzene rings is 3. The molecule has 9 heteroatoms. The van der Waals surface area contributed by atoms with Crippen LogP contribution in [0, 0.1) is 24.0 Å². The van der Waals surface area contributed by atoms with Crippen molar-refractivity contribution in [3.63, 3.8) is 0 Å². The molecule has 0 spiro atoms. The molecule has 0 saturated heterocycles. The fourth-order valence-electron chi connectivity index (χ4n) is 3.72. The summed E-state index contributed by atoms with van der Waals surface area (Å²) < 4.78 is 13.8. The largest absolute Gasteiger partial charge is 0.490 e. The van der Waals surface area contributed by atoms with Gasteiger partial charge in [0.05, 0.1) is 6.61 Å². The Bertz CT molecular complexity index is 1310. The van der Waals surface area contributed by atoms with E-state index in [1.807, 2.05) is 98.1 Å². The first-order valence-electron chi connectivity index (χ1n) is 11.7. The number of nitro groups is 1. The first kappa shape index (κ1) is 25.2. The lowest BCUT2D eigenvalue weighted by atomic mass is 10.1. The summed E-state index contributed by atoms with van der Waals surface area (Å²) in [7, 11) is 0. The number of thioether (sulfide) groups is 1. The van der Waals surface area contributed by atoms with Gasteiger partial charge in [-0.05, 0) is 56.2 Å². The van der Waals surface area contributed by atoms with Gasteiger partial charge in [-0.1, -0.05) is 65.9 Å². The molecule has 1 atom stereocenters. The second-order valence-electron chi connectivity index (χ2n) is 8.24. The third-order valence-corrected chi connectivity index (χ3v) is 6.71. The van der Waals surface area contributed by atoms with Crippen LogP contribution in [0.5, 0.6) is 11.5 Å². The number of aryl methyl sites for hydroxylation is 2. The molecule has 36 heavy (non-hydrogen) atoms. The molecular formula is C27H28N4O4S. The highest BCUT2D eigenvalue weighted by Gasteiger charge is 2.25. The smallest absolute Gasteiger partial charge is 0.220 e. The van der Waals surface area contributed by atoms with Crippen molar-refractivity contribution < 1.29 is 14.4 Å². The molecule has 0 amide bonds. The predicted molar refractivity (Wildman–Crippen MR) is 140 cm³/mol. The molecule has 0 bridgehead atoms. The van der Waals surface area contributed by atoms with Crippen molar-refractivity contribution in [2.45, 2.75) is 37.8 Å². The minimum Gasteiger partial charge on any atom is -0.490 e. The highest BCUT2D eigenvalue weighted by atomic mass is 32.2. The van der Waals surface area contributed by atoms with Crippen LogP contribution in [-0.2, 0) is 6.61 Å². The Morgan fingerprint density at radius 2 is 1.72 bits per heavy atom. The Morgan fingerprint density at radius 3 is 2.42 bits per heavy atom. The molecule has 0 saturated carbocycles. The summed E-state index contributed by atoms with van der Waals surface area (Å²) in [5.41, 5.74) is 3.88. The number of nitrogens with zero attached hydrogens (tertiary/aromatic N) is 4. The van der Waals surface area contributed by atoms with Crippen LogP contribution in [0.2, 0.25) is 0 Å². The zero-order chi connectivity index (χ0) is 25.5. The molecule has 8 nitrogen and oxygen atoms in total. The fourth-order valence-corrected chi connectivity index (χ4v) is 4.89. The van der Waals surface area contributed by atoms with Gasteiger partial charge >= 0.3 is 0 Å². The van der Waals surface area contributed by atoms with Gasteiger partial charge in [0.1, 0.15) is 17.7 Å². The van der Waals surface area contributed by atoms with E-state index in [9.17, 15) is 10.1 Å². The van der Waals surface area contributed by atoms with E-state index < -0.39 is 5.25 Å². The van der Waals surface area contributed by atoms with E-state index in [0.29, 0.717) is 35.7 Å². The van der Waals surface area contributed by atoms with E-state index in [2.05, 4.69) is 10.2 Å². The second-order valence-corrected chi connectivity index (χ2v) is 9.41. The molecule has 0 radical (unpaired) electrons. The van der Waals surface area contributed by atoms with Gasteiger partial charge in [-0.25, -0.2) is 0 Å². The molecule has 4 rings (SSSR count). The molecular weight excluding hydrogens is 476 g/mol. The number of hydrogen-bond donors (Lipinski definition) is 0. The molecule has 0 N–H and O–H groups in total. The number of rotatable bonds is 11. The van der Waals surface area contributed by atoms with Gasteiger partial charge in [0.2, 0.25) is 6.54 Å². The van der Waals surface area contributed by atoms with E-state index in [1.165, 1.54) is 17.3 Å². The molecule has 0 unspecified atom stereocenters. The Labute approximate surface area is 214 Å². The van der Waals surface area contributed by atoms with Crippen molar-refractivity contribution in [2.24, 2.45) is 0 Å². The van der Waals surface area contributed by atoms with Gasteiger partial charge in [0.15, 0.2) is 16.7 Å². The van der Waals surface area contributed by atoms with Crippen molar-refractivity contribution in [1.29, 1.82) is 0 Å². The Morgan fingerprint density at radius 1 is 0.972 bits per heavy atom. The lowest BCUT2D eigenvalue weighted by molar-refractivity contribution is -0.479. The van der Waals surface area contributed by atoms with Crippen LogP contribution in [0.1, 0.15) is 34.7 Å². The van der Waals surface area contributed by atoms with Crippen LogP contribution >= 0.6 is 11.8 Å². The maximum absolute atomic E-state index is 11.6. The zero-order valence-corrected chi connectivity index (χ0v) is 21.3. The first-order valence-corrected chi connectivity index (χ1v) is 12.5. The summed E-state index contributed by atoms with van der Waals surface area (Å²) in [6.07, 6.45) is 0. The highest BCUT2D eigenvalue weighted by molar-refractivity contribution is 7.99. The third-order valence-electron chi connectivity index (χ3n) is 5.53. The number of ether oxygens (including phenoxy) is 2. The van der Waals surface area contributed by atoms with Gasteiger partial charge in [-0.15, -0.1) is 10.2 Å². The quantitative estimate of drug-likeness (QED) is 0.141. The monoisotopic (exact) mass is 504 g/mol. The van der Waals surface area contributed by atoms with E-state index in [-0.39, 0.29) is 11.5 Å². The summed E-state index contributed by atoms with van der Waals surface area (Å²) in [6, 6.07) is 23.3. The van der Waals surface area contributed by atoms with Crippen molar-refractivity contribution >= 4 is 11.8 Å². The van der Waals surface area contributed by atoms with Gasteiger partial charge < -0.3 is 9.47 Å². The molecule has 0 aliphatic heterocycles. The average molecular weight is 505 g/mol. The summed E-state index contributed by atoms with van der Waals surface area (Å²) in [6.45, 7) is 6.36. The molecule has 0 aliphatic rings. The van der Waals surface area contributed by atoms with Crippen LogP contribution in [-0.4, -0.2) is 32.8 Å². The number of hydrogen-bond acceptors (Lipinski definition) is 7. The second kappa shape index (κ2) is 11.7. The van der Waals surface area contributed by atoms with E-state index >= 15 is 0 Å². The van der Waals surface area contributed by atoms with Crippen LogP contribution in [0.3, 0.4) is 0 Å². The van der Waals surface area contributed by atoms with Gasteiger partial charge in [0.25, 0.3) is 0 Å². The molecule has 1 heterocycles. The Kier molecular flexibility index (Phi) is 8.22. The summed E-state index contributed by atoms with van der Waals surface area (Å²) in [5.74, 6) is 1.85. The lowest BCUT2D eigenvalue weighted by Gasteiger charge is -2.17. The Balaban J connectivity index is 1.61. The maximum Gasteiger partial charge on any atom is 0.220 e. The standard InChI is InChI=1S/C27H28N4O4S/c1-4-34-25-16-22(14-15-24(25)35-18-21-12-10-19(2)11-13-21)26(17-30(32)33)36-27-29-28-20(3)31(27)23-8-6-5-7-9-23/h5-16,26H,4,17-18H2,1-3H3/t26-/m1/s1. The molecule has 186 valence electrons. The first-order chi connectivity index (χ1) is 17.4. The van der Waals surface area contributed by atoms with Crippen LogP contribution in [0.25, 0.3) is 5.69 Å². The van der Waals surface area contributed by atoms with E-state index in [0.717, 1.165) is 16.8 Å². The molecule has 1 aromatic heterocycles. The van der Waals surface area contributed by atoms with Crippen molar-refractivity contribution in [2.75, 3.05) is 13.2 Å². The maximum atomic E-state index is 11.6. The van der Waals surface area contributed by atoms with Crippen LogP contribution in [0.15, 0.2) is 78.0 Å². The minimum atomic E-state index is -0.503. The average Bonchev–Trinajstić information content (AvgIpc) is 3.24. The summed E-state index contributed by atoms with van der Waals surface area (Å²) >= 11 is 1.31. The van der Waals surface area contributed by atoms with Crippen LogP contribution < -0.4 is 9.47 Å². The molecule has 4 aromatic rings. The highest BCUT2D eigenvalue weighted by Crippen LogP contribution is 2.39. The summed E-state index contributed by atoms with van der Waals surface area (Å²) in [5, 5.41) is 20.2. The number of aromatic nitrogens is 3. The fraction of sp³-hybridized carbons (Fsp3) is 0.259.